The van der Waals surface area contributed by atoms with E-state index in [1.165, 1.54) is 0 Å². The summed E-state index contributed by atoms with van der Waals surface area (Å²) < 4.78 is 6.25. The largest absolute Gasteiger partial charge is 0.375 e. The Morgan fingerprint density at radius 1 is 1.42 bits per heavy atom. The van der Waals surface area contributed by atoms with Gasteiger partial charge in [0.1, 0.15) is 0 Å². The number of benzene rings is 1. The van der Waals surface area contributed by atoms with Crippen LogP contribution in [0.3, 0.4) is 0 Å². The molecular weight excluding hydrogens is 218 g/mol. The van der Waals surface area contributed by atoms with Crippen molar-refractivity contribution in [2.75, 3.05) is 13.7 Å². The molecule has 1 atom stereocenters. The second kappa shape index (κ2) is 4.60. The Morgan fingerprint density at radius 2 is 2.00 bits per heavy atom. The van der Waals surface area contributed by atoms with E-state index >= 15 is 0 Å². The fourth-order valence-corrected chi connectivity index (χ4v) is 1.31. The monoisotopic (exact) mass is 229 g/mol. The zero-order chi connectivity index (χ0) is 8.97. The maximum absolute atomic E-state index is 5.52. The molecular formula is C9H12BrNO. The molecule has 3 heteroatoms. The fraction of sp³-hybridized carbons (Fsp3) is 0.333. The molecule has 0 aliphatic heterocycles. The van der Waals surface area contributed by atoms with Crippen molar-refractivity contribution in [2.24, 2.45) is 5.73 Å². The van der Waals surface area contributed by atoms with Crippen LogP contribution in [0.5, 0.6) is 0 Å². The highest BCUT2D eigenvalue weighted by Gasteiger charge is 2.06. The maximum Gasteiger partial charge on any atom is 0.0943 e. The lowest BCUT2D eigenvalue weighted by atomic mass is 10.1. The fourth-order valence-electron chi connectivity index (χ4n) is 1.05. The van der Waals surface area contributed by atoms with Gasteiger partial charge in [0.25, 0.3) is 0 Å². The van der Waals surface area contributed by atoms with Crippen LogP contribution in [0, 0.1) is 0 Å². The van der Waals surface area contributed by atoms with E-state index in [1.807, 2.05) is 24.3 Å². The highest BCUT2D eigenvalue weighted by molar-refractivity contribution is 9.10. The predicted molar refractivity (Wildman–Crippen MR) is 52.9 cm³/mol. The van der Waals surface area contributed by atoms with E-state index in [0.29, 0.717) is 6.54 Å². The van der Waals surface area contributed by atoms with E-state index in [-0.39, 0.29) is 6.10 Å². The Hall–Kier alpha value is -0.380. The van der Waals surface area contributed by atoms with Gasteiger partial charge in [0.05, 0.1) is 6.10 Å². The first-order valence-electron chi connectivity index (χ1n) is 3.76. The summed E-state index contributed by atoms with van der Waals surface area (Å²) >= 11 is 3.37. The summed E-state index contributed by atoms with van der Waals surface area (Å²) in [7, 11) is 1.67. The first-order chi connectivity index (χ1) is 5.77. The Balaban J connectivity index is 2.80. The molecule has 0 saturated heterocycles. The molecule has 0 aromatic heterocycles. The topological polar surface area (TPSA) is 35.2 Å². The lowest BCUT2D eigenvalue weighted by molar-refractivity contribution is 0.110. The van der Waals surface area contributed by atoms with Crippen molar-refractivity contribution in [2.45, 2.75) is 6.10 Å². The Morgan fingerprint density at radius 3 is 2.42 bits per heavy atom. The van der Waals surface area contributed by atoms with Gasteiger partial charge in [-0.15, -0.1) is 0 Å². The van der Waals surface area contributed by atoms with E-state index in [2.05, 4.69) is 15.9 Å². The molecule has 66 valence electrons. The van der Waals surface area contributed by atoms with E-state index in [0.717, 1.165) is 10.0 Å². The number of methoxy groups -OCH3 is 1. The molecule has 0 fully saturated rings. The van der Waals surface area contributed by atoms with Crippen LogP contribution in [0.15, 0.2) is 28.7 Å². The number of hydrogen-bond acceptors (Lipinski definition) is 2. The highest BCUT2D eigenvalue weighted by Crippen LogP contribution is 2.17. The van der Waals surface area contributed by atoms with Gasteiger partial charge in [0.2, 0.25) is 0 Å². The third-order valence-electron chi connectivity index (χ3n) is 1.74. The van der Waals surface area contributed by atoms with Crippen molar-refractivity contribution >= 4 is 15.9 Å². The molecule has 2 nitrogen and oxygen atoms in total. The van der Waals surface area contributed by atoms with Crippen LogP contribution in [-0.2, 0) is 4.74 Å². The average Bonchev–Trinajstić information content (AvgIpc) is 2.10. The molecule has 0 aliphatic carbocycles. The lowest BCUT2D eigenvalue weighted by Crippen LogP contribution is -2.13. The van der Waals surface area contributed by atoms with Crippen LogP contribution in [0.1, 0.15) is 11.7 Å². The zero-order valence-corrected chi connectivity index (χ0v) is 8.54. The van der Waals surface area contributed by atoms with Gasteiger partial charge in [-0.05, 0) is 17.7 Å². The van der Waals surface area contributed by atoms with Gasteiger partial charge in [0.15, 0.2) is 0 Å². The van der Waals surface area contributed by atoms with E-state index in [1.54, 1.807) is 7.11 Å². The van der Waals surface area contributed by atoms with Crippen LogP contribution >= 0.6 is 15.9 Å². The second-order valence-electron chi connectivity index (χ2n) is 2.51. The van der Waals surface area contributed by atoms with Crippen LogP contribution in [0.4, 0.5) is 0 Å². The van der Waals surface area contributed by atoms with E-state index < -0.39 is 0 Å². The minimum absolute atomic E-state index is 0.0121. The minimum atomic E-state index is 0.0121. The van der Waals surface area contributed by atoms with E-state index in [4.69, 9.17) is 10.5 Å². The molecule has 1 aromatic carbocycles. The van der Waals surface area contributed by atoms with Crippen LogP contribution in [0.25, 0.3) is 0 Å². The zero-order valence-electron chi connectivity index (χ0n) is 6.96. The average molecular weight is 230 g/mol. The summed E-state index contributed by atoms with van der Waals surface area (Å²) in [6.07, 6.45) is 0.0121. The minimum Gasteiger partial charge on any atom is -0.375 e. The summed E-state index contributed by atoms with van der Waals surface area (Å²) in [6, 6.07) is 7.98. The van der Waals surface area contributed by atoms with Gasteiger partial charge in [-0.3, -0.25) is 0 Å². The molecule has 2 N–H and O–H groups in total. The van der Waals surface area contributed by atoms with Gasteiger partial charge in [-0.1, -0.05) is 28.1 Å². The second-order valence-corrected chi connectivity index (χ2v) is 3.43. The van der Waals surface area contributed by atoms with Crippen LogP contribution in [0.2, 0.25) is 0 Å². The molecule has 0 aliphatic rings. The quantitative estimate of drug-likeness (QED) is 0.862. The lowest BCUT2D eigenvalue weighted by Gasteiger charge is -2.12. The molecule has 0 saturated carbocycles. The smallest absolute Gasteiger partial charge is 0.0943 e. The van der Waals surface area contributed by atoms with Crippen molar-refractivity contribution in [3.63, 3.8) is 0 Å². The molecule has 0 amide bonds. The van der Waals surface area contributed by atoms with E-state index in [9.17, 15) is 0 Å². The summed E-state index contributed by atoms with van der Waals surface area (Å²) in [5, 5.41) is 0. The normalized spacial score (nSPS) is 12.9. The van der Waals surface area contributed by atoms with Gasteiger partial charge < -0.3 is 10.5 Å². The van der Waals surface area contributed by atoms with Crippen LogP contribution in [-0.4, -0.2) is 13.7 Å². The SMILES string of the molecule is CO[C@@H](CN)c1ccc(Br)cc1. The summed E-state index contributed by atoms with van der Waals surface area (Å²) in [5.74, 6) is 0. The van der Waals surface area contributed by atoms with Crippen molar-refractivity contribution in [3.05, 3.63) is 34.3 Å². The Labute approximate surface area is 80.8 Å². The number of halogens is 1. The summed E-state index contributed by atoms with van der Waals surface area (Å²) in [4.78, 5) is 0. The Bertz CT molecular complexity index is 231. The first-order valence-corrected chi connectivity index (χ1v) is 4.55. The summed E-state index contributed by atoms with van der Waals surface area (Å²) in [6.45, 7) is 0.512. The van der Waals surface area contributed by atoms with Crippen molar-refractivity contribution < 1.29 is 4.74 Å². The molecule has 0 bridgehead atoms. The van der Waals surface area contributed by atoms with Crippen molar-refractivity contribution in [1.29, 1.82) is 0 Å². The van der Waals surface area contributed by atoms with Gasteiger partial charge >= 0.3 is 0 Å². The number of rotatable bonds is 3. The molecule has 1 rings (SSSR count). The van der Waals surface area contributed by atoms with Gasteiger partial charge in [0, 0.05) is 18.1 Å². The molecule has 0 heterocycles. The number of ether oxygens (including phenoxy) is 1. The van der Waals surface area contributed by atoms with Gasteiger partial charge in [-0.25, -0.2) is 0 Å². The maximum atomic E-state index is 5.52. The van der Waals surface area contributed by atoms with Crippen molar-refractivity contribution in [1.82, 2.24) is 0 Å². The third-order valence-corrected chi connectivity index (χ3v) is 2.27. The Kier molecular flexibility index (Phi) is 3.72. The number of nitrogens with two attached hydrogens (primary N) is 1. The summed E-state index contributed by atoms with van der Waals surface area (Å²) in [5.41, 5.74) is 6.63. The molecule has 1 aromatic rings. The number of hydrogen-bond donors (Lipinski definition) is 1. The van der Waals surface area contributed by atoms with Gasteiger partial charge in [-0.2, -0.15) is 0 Å². The van der Waals surface area contributed by atoms with Crippen molar-refractivity contribution in [3.8, 4) is 0 Å². The van der Waals surface area contributed by atoms with Crippen LogP contribution < -0.4 is 5.73 Å². The first kappa shape index (κ1) is 9.71. The highest BCUT2D eigenvalue weighted by atomic mass is 79.9. The standard InChI is InChI=1S/C9H12BrNO/c1-12-9(6-11)7-2-4-8(10)5-3-7/h2-5,9H,6,11H2,1H3/t9-/m0/s1. The molecule has 0 spiro atoms. The molecule has 0 unspecified atom stereocenters. The molecule has 12 heavy (non-hydrogen) atoms. The predicted octanol–water partition coefficient (Wildman–Crippen LogP) is 2.10. The third kappa shape index (κ3) is 2.30. The molecule has 0 radical (unpaired) electrons.